The van der Waals surface area contributed by atoms with Crippen LogP contribution in [-0.2, 0) is 9.53 Å². The van der Waals surface area contributed by atoms with E-state index in [0.717, 1.165) is 19.3 Å². The predicted molar refractivity (Wildman–Crippen MR) is 89.4 cm³/mol. The van der Waals surface area contributed by atoms with Crippen molar-refractivity contribution < 1.29 is 14.3 Å². The average molecular weight is 327 g/mol. The first kappa shape index (κ1) is 16.4. The maximum Gasteiger partial charge on any atom is 0.338 e. The molecule has 6 heteroatoms. The van der Waals surface area contributed by atoms with Crippen molar-refractivity contribution in [3.8, 4) is 0 Å². The van der Waals surface area contributed by atoms with E-state index in [0.29, 0.717) is 16.6 Å². The van der Waals surface area contributed by atoms with Gasteiger partial charge in [0, 0.05) is 24.5 Å². The summed E-state index contributed by atoms with van der Waals surface area (Å²) in [5.41, 5.74) is 1.70. The van der Waals surface area contributed by atoms with E-state index in [9.17, 15) is 9.59 Å². The molecule has 0 N–H and O–H groups in total. The molecule has 0 spiro atoms. The number of rotatable bonds is 3. The van der Waals surface area contributed by atoms with Crippen molar-refractivity contribution in [2.24, 2.45) is 0 Å². The maximum absolute atomic E-state index is 12.4. The van der Waals surface area contributed by atoms with Crippen LogP contribution in [0.5, 0.6) is 0 Å². The van der Waals surface area contributed by atoms with Crippen molar-refractivity contribution in [2.75, 3.05) is 6.61 Å². The first-order valence-corrected chi connectivity index (χ1v) is 8.25. The van der Waals surface area contributed by atoms with Crippen molar-refractivity contribution in [3.63, 3.8) is 0 Å². The van der Waals surface area contributed by atoms with Gasteiger partial charge in [0.25, 0.3) is 5.91 Å². The van der Waals surface area contributed by atoms with Gasteiger partial charge in [-0.15, -0.1) is 0 Å². The molecular weight excluding hydrogens is 306 g/mol. The van der Waals surface area contributed by atoms with Crippen molar-refractivity contribution in [3.05, 3.63) is 36.2 Å². The zero-order valence-corrected chi connectivity index (χ0v) is 13.9. The number of benzene rings is 1. The number of esters is 1. The number of carbonyl (C=O) groups is 2. The number of carbonyl (C=O) groups excluding carboxylic acids is 2. The Labute approximate surface area is 140 Å². The number of fused-ring (bicyclic) bond motifs is 1. The third-order valence-corrected chi connectivity index (χ3v) is 4.51. The minimum absolute atomic E-state index is 0.136. The predicted octanol–water partition coefficient (Wildman–Crippen LogP) is 2.58. The number of hydrogen-bond acceptors (Lipinski definition) is 5. The smallest absolute Gasteiger partial charge is 0.338 e. The molecule has 0 unspecified atom stereocenters. The van der Waals surface area contributed by atoms with E-state index in [2.05, 4.69) is 9.97 Å². The molecule has 24 heavy (non-hydrogen) atoms. The lowest BCUT2D eigenvalue weighted by Gasteiger charge is -2.38. The lowest BCUT2D eigenvalue weighted by molar-refractivity contribution is -0.140. The fraction of sp³-hybridized carbons (Fsp3) is 0.444. The Kier molecular flexibility index (Phi) is 4.74. The summed E-state index contributed by atoms with van der Waals surface area (Å²) in [6.07, 6.45) is 6.28. The summed E-state index contributed by atoms with van der Waals surface area (Å²) in [5, 5.41) is 0. The van der Waals surface area contributed by atoms with Crippen LogP contribution < -0.4 is 0 Å². The van der Waals surface area contributed by atoms with E-state index in [1.807, 2.05) is 18.7 Å². The van der Waals surface area contributed by atoms with Crippen LogP contribution in [0, 0.1) is 0 Å². The fourth-order valence-electron chi connectivity index (χ4n) is 3.29. The topological polar surface area (TPSA) is 72.4 Å². The highest BCUT2D eigenvalue weighted by Crippen LogP contribution is 2.22. The summed E-state index contributed by atoms with van der Waals surface area (Å²) in [6, 6.07) is 5.36. The molecule has 126 valence electrons. The summed E-state index contributed by atoms with van der Waals surface area (Å²) >= 11 is 0. The van der Waals surface area contributed by atoms with E-state index in [1.54, 1.807) is 30.6 Å². The monoisotopic (exact) mass is 327 g/mol. The van der Waals surface area contributed by atoms with Crippen LogP contribution in [-0.4, -0.2) is 45.4 Å². The molecule has 1 aromatic heterocycles. The molecule has 2 heterocycles. The van der Waals surface area contributed by atoms with E-state index in [4.69, 9.17) is 4.74 Å². The lowest BCUT2D eigenvalue weighted by atomic mass is 9.97. The molecule has 0 saturated carbocycles. The van der Waals surface area contributed by atoms with Gasteiger partial charge in [0.15, 0.2) is 6.61 Å². The van der Waals surface area contributed by atoms with Crippen LogP contribution in [0.4, 0.5) is 0 Å². The molecule has 1 saturated heterocycles. The Bertz CT molecular complexity index is 752. The van der Waals surface area contributed by atoms with Gasteiger partial charge >= 0.3 is 5.97 Å². The molecule has 3 rings (SSSR count). The van der Waals surface area contributed by atoms with E-state index < -0.39 is 5.97 Å². The van der Waals surface area contributed by atoms with Gasteiger partial charge in [-0.3, -0.25) is 14.8 Å². The Morgan fingerprint density at radius 3 is 2.50 bits per heavy atom. The second-order valence-electron chi connectivity index (χ2n) is 6.27. The van der Waals surface area contributed by atoms with Crippen LogP contribution in [0.2, 0.25) is 0 Å². The molecule has 1 aliphatic heterocycles. The molecule has 6 nitrogen and oxygen atoms in total. The van der Waals surface area contributed by atoms with Gasteiger partial charge in [-0.2, -0.15) is 0 Å². The van der Waals surface area contributed by atoms with Gasteiger partial charge < -0.3 is 9.64 Å². The minimum atomic E-state index is -0.520. The van der Waals surface area contributed by atoms with Crippen LogP contribution in [0.15, 0.2) is 30.6 Å². The van der Waals surface area contributed by atoms with Gasteiger partial charge in [-0.1, -0.05) is 0 Å². The molecule has 0 bridgehead atoms. The van der Waals surface area contributed by atoms with Gasteiger partial charge in [0.2, 0.25) is 0 Å². The second kappa shape index (κ2) is 6.95. The van der Waals surface area contributed by atoms with Gasteiger partial charge in [-0.25, -0.2) is 4.79 Å². The number of nitrogens with zero attached hydrogens (tertiary/aromatic N) is 3. The van der Waals surface area contributed by atoms with E-state index in [1.165, 1.54) is 0 Å². The van der Waals surface area contributed by atoms with Gasteiger partial charge in [0.1, 0.15) is 0 Å². The van der Waals surface area contributed by atoms with Crippen LogP contribution in [0.1, 0.15) is 43.5 Å². The minimum Gasteiger partial charge on any atom is -0.452 e. The summed E-state index contributed by atoms with van der Waals surface area (Å²) < 4.78 is 5.21. The molecular formula is C18H21N3O3. The highest BCUT2D eigenvalue weighted by Gasteiger charge is 2.29. The normalized spacial score (nSPS) is 20.8. The zero-order chi connectivity index (χ0) is 17.1. The number of hydrogen-bond donors (Lipinski definition) is 0. The summed E-state index contributed by atoms with van der Waals surface area (Å²) in [5.74, 6) is -0.656. The number of amides is 1. The van der Waals surface area contributed by atoms with E-state index in [-0.39, 0.29) is 24.6 Å². The third-order valence-electron chi connectivity index (χ3n) is 4.51. The molecule has 1 aromatic carbocycles. The van der Waals surface area contributed by atoms with Crippen LogP contribution in [0.3, 0.4) is 0 Å². The quantitative estimate of drug-likeness (QED) is 0.810. The SMILES string of the molecule is C[C@@H]1CCC[C@H](C)N1C(=O)COC(=O)c1ccc2nccnc2c1. The number of aromatic nitrogens is 2. The molecule has 1 aliphatic rings. The van der Waals surface area contributed by atoms with Crippen molar-refractivity contribution in [2.45, 2.75) is 45.2 Å². The highest BCUT2D eigenvalue weighted by molar-refractivity contribution is 5.94. The number of likely N-dealkylation sites (tertiary alicyclic amines) is 1. The second-order valence-corrected chi connectivity index (χ2v) is 6.27. The molecule has 2 atom stereocenters. The summed E-state index contributed by atoms with van der Waals surface area (Å²) in [4.78, 5) is 34.8. The van der Waals surface area contributed by atoms with Crippen molar-refractivity contribution in [1.29, 1.82) is 0 Å². The molecule has 0 aliphatic carbocycles. The first-order valence-electron chi connectivity index (χ1n) is 8.25. The fourth-order valence-corrected chi connectivity index (χ4v) is 3.29. The summed E-state index contributed by atoms with van der Waals surface area (Å²) in [6.45, 7) is 3.85. The number of ether oxygens (including phenoxy) is 1. The van der Waals surface area contributed by atoms with E-state index >= 15 is 0 Å². The largest absolute Gasteiger partial charge is 0.452 e. The molecule has 1 fully saturated rings. The Morgan fingerprint density at radius 1 is 1.12 bits per heavy atom. The standard InChI is InChI=1S/C18H21N3O3/c1-12-4-3-5-13(2)21(12)17(22)11-24-18(23)14-6-7-15-16(10-14)20-9-8-19-15/h6-10,12-13H,3-5,11H2,1-2H3/t12-,13+. The highest BCUT2D eigenvalue weighted by atomic mass is 16.5. The Morgan fingerprint density at radius 2 is 1.79 bits per heavy atom. The molecule has 1 amide bonds. The third kappa shape index (κ3) is 3.37. The molecule has 0 radical (unpaired) electrons. The Balaban J connectivity index is 1.64. The maximum atomic E-state index is 12.4. The number of piperidine rings is 1. The zero-order valence-electron chi connectivity index (χ0n) is 13.9. The van der Waals surface area contributed by atoms with Gasteiger partial charge in [-0.05, 0) is 51.3 Å². The van der Waals surface area contributed by atoms with Crippen LogP contribution >= 0.6 is 0 Å². The van der Waals surface area contributed by atoms with Crippen LogP contribution in [0.25, 0.3) is 11.0 Å². The first-order chi connectivity index (χ1) is 11.6. The van der Waals surface area contributed by atoms with Crippen molar-refractivity contribution in [1.82, 2.24) is 14.9 Å². The molecule has 2 aromatic rings. The summed E-state index contributed by atoms with van der Waals surface area (Å²) in [7, 11) is 0. The van der Waals surface area contributed by atoms with Crippen molar-refractivity contribution >= 4 is 22.9 Å². The average Bonchev–Trinajstić information content (AvgIpc) is 2.59. The lowest BCUT2D eigenvalue weighted by Crippen LogP contribution is -2.49. The van der Waals surface area contributed by atoms with Gasteiger partial charge in [0.05, 0.1) is 16.6 Å². The Hall–Kier alpha value is -2.50.